The molecule has 0 atom stereocenters. The summed E-state index contributed by atoms with van der Waals surface area (Å²) in [6.07, 6.45) is 0. The van der Waals surface area contributed by atoms with E-state index in [4.69, 9.17) is 0 Å². The number of para-hydroxylation sites is 1. The van der Waals surface area contributed by atoms with Crippen molar-refractivity contribution < 1.29 is 5.11 Å². The number of fused-ring (bicyclic) bond motifs is 3. The van der Waals surface area contributed by atoms with Gasteiger partial charge in [0, 0.05) is 28.4 Å². The van der Waals surface area contributed by atoms with Gasteiger partial charge in [-0.25, -0.2) is 0 Å². The lowest BCUT2D eigenvalue weighted by atomic mass is 10.0. The van der Waals surface area contributed by atoms with Crippen LogP contribution in [-0.2, 0) is 6.54 Å². The average Bonchev–Trinajstić information content (AvgIpc) is 2.90. The molecular weight excluding hydrogens is 270 g/mol. The molecule has 3 aromatic carbocycles. The van der Waals surface area contributed by atoms with E-state index < -0.39 is 0 Å². The fraction of sp³-hybridized carbons (Fsp3) is 0.100. The first kappa shape index (κ1) is 13.1. The molecule has 0 fully saturated rings. The van der Waals surface area contributed by atoms with Crippen LogP contribution in [0.3, 0.4) is 0 Å². The molecule has 108 valence electrons. The molecule has 0 spiro atoms. The molecule has 0 saturated carbocycles. The van der Waals surface area contributed by atoms with Gasteiger partial charge in [-0.1, -0.05) is 54.6 Å². The van der Waals surface area contributed by atoms with Gasteiger partial charge in [0.05, 0.1) is 6.61 Å². The fourth-order valence-electron chi connectivity index (χ4n) is 3.20. The fourth-order valence-corrected chi connectivity index (χ4v) is 3.20. The third-order valence-electron chi connectivity index (χ3n) is 4.20. The Hall–Kier alpha value is -2.58. The quantitative estimate of drug-likeness (QED) is 0.591. The van der Waals surface area contributed by atoms with E-state index >= 15 is 0 Å². The Morgan fingerprint density at radius 1 is 0.682 bits per heavy atom. The average molecular weight is 287 g/mol. The van der Waals surface area contributed by atoms with E-state index in [1.165, 1.54) is 32.9 Å². The summed E-state index contributed by atoms with van der Waals surface area (Å²) in [5.41, 5.74) is 4.80. The summed E-state index contributed by atoms with van der Waals surface area (Å²) in [5, 5.41) is 11.8. The molecule has 4 rings (SSSR count). The highest BCUT2D eigenvalue weighted by atomic mass is 16.3. The van der Waals surface area contributed by atoms with Crippen molar-refractivity contribution >= 4 is 21.8 Å². The third kappa shape index (κ3) is 2.00. The molecule has 0 aliphatic rings. The van der Waals surface area contributed by atoms with Crippen LogP contribution < -0.4 is 0 Å². The SMILES string of the molecule is OCCn1c2ccccc2c2cc(-c3ccccc3)ccc21. The number of aromatic nitrogens is 1. The predicted octanol–water partition coefficient (Wildman–Crippen LogP) is 4.45. The number of rotatable bonds is 3. The Kier molecular flexibility index (Phi) is 3.17. The topological polar surface area (TPSA) is 25.2 Å². The van der Waals surface area contributed by atoms with Crippen LogP contribution in [-0.4, -0.2) is 16.3 Å². The van der Waals surface area contributed by atoms with E-state index in [0.717, 1.165) is 0 Å². The molecule has 0 amide bonds. The first-order valence-corrected chi connectivity index (χ1v) is 7.56. The highest BCUT2D eigenvalue weighted by molar-refractivity contribution is 6.09. The molecule has 1 aromatic heterocycles. The molecule has 2 heteroatoms. The van der Waals surface area contributed by atoms with Crippen molar-refractivity contribution in [3.63, 3.8) is 0 Å². The van der Waals surface area contributed by atoms with Crippen molar-refractivity contribution in [3.05, 3.63) is 72.8 Å². The van der Waals surface area contributed by atoms with Gasteiger partial charge in [0.1, 0.15) is 0 Å². The Morgan fingerprint density at radius 3 is 2.23 bits per heavy atom. The van der Waals surface area contributed by atoms with Gasteiger partial charge in [-0.2, -0.15) is 0 Å². The number of aliphatic hydroxyl groups is 1. The van der Waals surface area contributed by atoms with Crippen LogP contribution >= 0.6 is 0 Å². The van der Waals surface area contributed by atoms with Crippen molar-refractivity contribution in [2.75, 3.05) is 6.61 Å². The maximum absolute atomic E-state index is 9.37. The molecule has 0 saturated heterocycles. The summed E-state index contributed by atoms with van der Waals surface area (Å²) < 4.78 is 2.19. The van der Waals surface area contributed by atoms with Crippen LogP contribution in [0.15, 0.2) is 72.8 Å². The van der Waals surface area contributed by atoms with Crippen molar-refractivity contribution in [1.29, 1.82) is 0 Å². The number of hydrogen-bond acceptors (Lipinski definition) is 1. The van der Waals surface area contributed by atoms with Gasteiger partial charge < -0.3 is 9.67 Å². The predicted molar refractivity (Wildman–Crippen MR) is 92.0 cm³/mol. The van der Waals surface area contributed by atoms with Crippen molar-refractivity contribution in [2.24, 2.45) is 0 Å². The monoisotopic (exact) mass is 287 g/mol. The summed E-state index contributed by atoms with van der Waals surface area (Å²) >= 11 is 0. The molecule has 1 N–H and O–H groups in total. The minimum atomic E-state index is 0.147. The number of benzene rings is 3. The van der Waals surface area contributed by atoms with E-state index in [-0.39, 0.29) is 6.61 Å². The molecule has 0 unspecified atom stereocenters. The van der Waals surface area contributed by atoms with Gasteiger partial charge in [-0.3, -0.25) is 0 Å². The molecule has 22 heavy (non-hydrogen) atoms. The molecule has 0 aliphatic carbocycles. The lowest BCUT2D eigenvalue weighted by molar-refractivity contribution is 0.280. The normalized spacial score (nSPS) is 11.3. The Balaban J connectivity index is 2.02. The third-order valence-corrected chi connectivity index (χ3v) is 4.20. The van der Waals surface area contributed by atoms with Gasteiger partial charge >= 0.3 is 0 Å². The van der Waals surface area contributed by atoms with Crippen LogP contribution in [0.1, 0.15) is 0 Å². The van der Waals surface area contributed by atoms with E-state index in [2.05, 4.69) is 65.2 Å². The molecule has 0 radical (unpaired) electrons. The highest BCUT2D eigenvalue weighted by Crippen LogP contribution is 2.32. The van der Waals surface area contributed by atoms with E-state index in [1.807, 2.05) is 12.1 Å². The molecular formula is C20H17NO. The van der Waals surface area contributed by atoms with Crippen LogP contribution in [0.25, 0.3) is 32.9 Å². The van der Waals surface area contributed by atoms with E-state index in [0.29, 0.717) is 6.54 Å². The zero-order valence-corrected chi connectivity index (χ0v) is 12.2. The van der Waals surface area contributed by atoms with Gasteiger partial charge in [-0.05, 0) is 29.3 Å². The second kappa shape index (κ2) is 5.32. The summed E-state index contributed by atoms with van der Waals surface area (Å²) in [5.74, 6) is 0. The van der Waals surface area contributed by atoms with E-state index in [9.17, 15) is 5.11 Å². The number of aliphatic hydroxyl groups excluding tert-OH is 1. The standard InChI is InChI=1S/C20H17NO/c22-13-12-21-19-9-5-4-8-17(19)18-14-16(10-11-20(18)21)15-6-2-1-3-7-15/h1-11,14,22H,12-13H2. The smallest absolute Gasteiger partial charge is 0.0610 e. The van der Waals surface area contributed by atoms with Gasteiger partial charge in [0.25, 0.3) is 0 Å². The summed E-state index contributed by atoms with van der Waals surface area (Å²) in [6.45, 7) is 0.767. The zero-order valence-electron chi connectivity index (χ0n) is 12.2. The lowest BCUT2D eigenvalue weighted by Gasteiger charge is -2.06. The summed E-state index contributed by atoms with van der Waals surface area (Å²) in [7, 11) is 0. The molecule has 4 aromatic rings. The largest absolute Gasteiger partial charge is 0.395 e. The van der Waals surface area contributed by atoms with E-state index in [1.54, 1.807) is 0 Å². The Morgan fingerprint density at radius 2 is 1.41 bits per heavy atom. The highest BCUT2D eigenvalue weighted by Gasteiger charge is 2.10. The minimum Gasteiger partial charge on any atom is -0.395 e. The molecule has 1 heterocycles. The lowest BCUT2D eigenvalue weighted by Crippen LogP contribution is -2.01. The van der Waals surface area contributed by atoms with Crippen molar-refractivity contribution in [3.8, 4) is 11.1 Å². The second-order valence-electron chi connectivity index (χ2n) is 5.49. The Labute approximate surface area is 129 Å². The first-order valence-electron chi connectivity index (χ1n) is 7.56. The minimum absolute atomic E-state index is 0.147. The maximum Gasteiger partial charge on any atom is 0.0610 e. The molecule has 0 bridgehead atoms. The number of hydrogen-bond donors (Lipinski definition) is 1. The summed E-state index contributed by atoms with van der Waals surface area (Å²) in [6, 6.07) is 25.4. The Bertz CT molecular complexity index is 938. The summed E-state index contributed by atoms with van der Waals surface area (Å²) in [4.78, 5) is 0. The van der Waals surface area contributed by atoms with Crippen molar-refractivity contribution in [1.82, 2.24) is 4.57 Å². The van der Waals surface area contributed by atoms with Crippen LogP contribution in [0.2, 0.25) is 0 Å². The van der Waals surface area contributed by atoms with Crippen LogP contribution in [0.5, 0.6) is 0 Å². The number of nitrogens with zero attached hydrogens (tertiary/aromatic N) is 1. The van der Waals surface area contributed by atoms with Gasteiger partial charge in [0.2, 0.25) is 0 Å². The van der Waals surface area contributed by atoms with Gasteiger partial charge in [0.15, 0.2) is 0 Å². The second-order valence-corrected chi connectivity index (χ2v) is 5.49. The van der Waals surface area contributed by atoms with Crippen molar-refractivity contribution in [2.45, 2.75) is 6.54 Å². The maximum atomic E-state index is 9.37. The molecule has 2 nitrogen and oxygen atoms in total. The van der Waals surface area contributed by atoms with Crippen LogP contribution in [0, 0.1) is 0 Å². The molecule has 0 aliphatic heterocycles. The van der Waals surface area contributed by atoms with Gasteiger partial charge in [-0.15, -0.1) is 0 Å². The zero-order chi connectivity index (χ0) is 14.9. The van der Waals surface area contributed by atoms with Crippen LogP contribution in [0.4, 0.5) is 0 Å². The first-order chi connectivity index (χ1) is 10.9.